The van der Waals surface area contributed by atoms with Crippen LogP contribution in [0.5, 0.6) is 5.75 Å². The average molecular weight is 213 g/mol. The first-order valence-electron chi connectivity index (χ1n) is 3.90. The third-order valence-corrected chi connectivity index (χ3v) is 1.45. The number of rotatable bonds is 3. The fraction of sp³-hybridized carbons (Fsp3) is 0.111. The quantitative estimate of drug-likeness (QED) is 0.353. The number of ether oxygens (including phenoxy) is 2. The topological polar surface area (TPSA) is 68.7 Å². The number of pyridine rings is 1. The van der Waals surface area contributed by atoms with Crippen LogP contribution in [-0.4, -0.2) is 23.2 Å². The van der Waals surface area contributed by atoms with Gasteiger partial charge in [-0.3, -0.25) is 0 Å². The lowest BCUT2D eigenvalue weighted by Crippen LogP contribution is -2.11. The van der Waals surface area contributed by atoms with Gasteiger partial charge in [-0.1, -0.05) is 0 Å². The predicted molar refractivity (Wildman–Crippen MR) is 47.6 cm³/mol. The van der Waals surface area contributed by atoms with E-state index in [0.29, 0.717) is 6.26 Å². The first-order valence-corrected chi connectivity index (χ1v) is 3.90. The monoisotopic (exact) mass is 213 g/mol. The van der Waals surface area contributed by atoms with Crippen molar-refractivity contribution < 1.29 is 23.8 Å². The third-order valence-electron chi connectivity index (χ3n) is 1.45. The number of esters is 1. The molecule has 0 aromatic carbocycles. The zero-order valence-corrected chi connectivity index (χ0v) is 7.81. The van der Waals surface area contributed by atoms with Gasteiger partial charge in [0.2, 0.25) is 5.76 Å². The molecule has 80 valence electrons. The highest BCUT2D eigenvalue weighted by atomic mass is 19.1. The molecule has 0 spiro atoms. The first kappa shape index (κ1) is 11.0. The molecule has 1 aromatic heterocycles. The summed E-state index contributed by atoms with van der Waals surface area (Å²) in [5, 5.41) is 8.65. The minimum absolute atomic E-state index is 0.275. The largest absolute Gasteiger partial charge is 0.511 e. The van der Waals surface area contributed by atoms with Crippen LogP contribution in [0.15, 0.2) is 30.4 Å². The van der Waals surface area contributed by atoms with Gasteiger partial charge in [-0.05, 0) is 12.1 Å². The number of methoxy groups -OCH3 is 1. The molecule has 0 aliphatic rings. The van der Waals surface area contributed by atoms with Crippen LogP contribution in [0.25, 0.3) is 0 Å². The number of nitrogens with zero attached hydrogens (tertiary/aromatic N) is 1. The third kappa shape index (κ3) is 2.67. The molecule has 0 aliphatic heterocycles. The molecular weight excluding hydrogens is 205 g/mol. The molecule has 1 heterocycles. The number of halogens is 1. The summed E-state index contributed by atoms with van der Waals surface area (Å²) in [6, 6.07) is 2.68. The molecule has 0 fully saturated rings. The number of carbonyl (C=O) groups is 1. The van der Waals surface area contributed by atoms with E-state index in [4.69, 9.17) is 9.84 Å². The van der Waals surface area contributed by atoms with E-state index in [0.717, 1.165) is 7.11 Å². The number of aliphatic hydroxyl groups excluding tert-OH is 1. The fourth-order valence-electron chi connectivity index (χ4n) is 0.787. The Morgan fingerprint density at radius 3 is 2.93 bits per heavy atom. The SMILES string of the molecule is COC(=O)/C(=C\O)Oc1cccnc1F. The molecule has 1 aromatic rings. The molecule has 0 atom stereocenters. The van der Waals surface area contributed by atoms with Gasteiger partial charge in [-0.15, -0.1) is 0 Å². The molecule has 0 bridgehead atoms. The Labute approximate surface area is 84.8 Å². The average Bonchev–Trinajstić information content (AvgIpc) is 2.27. The maximum absolute atomic E-state index is 13.0. The Morgan fingerprint density at radius 1 is 1.67 bits per heavy atom. The van der Waals surface area contributed by atoms with Gasteiger partial charge >= 0.3 is 5.97 Å². The van der Waals surface area contributed by atoms with E-state index >= 15 is 0 Å². The summed E-state index contributed by atoms with van der Waals surface area (Å²) < 4.78 is 22.0. The van der Waals surface area contributed by atoms with Gasteiger partial charge in [-0.25, -0.2) is 9.78 Å². The molecule has 1 rings (SSSR count). The van der Waals surface area contributed by atoms with E-state index in [1.807, 2.05) is 0 Å². The van der Waals surface area contributed by atoms with Crippen LogP contribution < -0.4 is 4.74 Å². The zero-order valence-electron chi connectivity index (χ0n) is 7.81. The number of aromatic nitrogens is 1. The van der Waals surface area contributed by atoms with E-state index in [1.54, 1.807) is 0 Å². The molecule has 6 heteroatoms. The Bertz CT molecular complexity index is 391. The first-order chi connectivity index (χ1) is 7.19. The summed E-state index contributed by atoms with van der Waals surface area (Å²) in [6.45, 7) is 0. The molecule has 0 radical (unpaired) electrons. The van der Waals surface area contributed by atoms with E-state index in [-0.39, 0.29) is 5.75 Å². The predicted octanol–water partition coefficient (Wildman–Crippen LogP) is 1.17. The van der Waals surface area contributed by atoms with Crippen LogP contribution >= 0.6 is 0 Å². The second-order valence-electron chi connectivity index (χ2n) is 2.38. The normalized spacial score (nSPS) is 10.9. The summed E-state index contributed by atoms with van der Waals surface area (Å²) in [5.74, 6) is -2.60. The van der Waals surface area contributed by atoms with Crippen LogP contribution in [0.2, 0.25) is 0 Å². The number of hydrogen-bond acceptors (Lipinski definition) is 5. The molecular formula is C9H8FNO4. The minimum atomic E-state index is -0.916. The molecule has 15 heavy (non-hydrogen) atoms. The Hall–Kier alpha value is -2.11. The van der Waals surface area contributed by atoms with E-state index in [9.17, 15) is 9.18 Å². The van der Waals surface area contributed by atoms with Gasteiger partial charge in [0.1, 0.15) is 6.26 Å². The van der Waals surface area contributed by atoms with Crippen molar-refractivity contribution in [2.75, 3.05) is 7.11 Å². The van der Waals surface area contributed by atoms with Crippen molar-refractivity contribution in [2.24, 2.45) is 0 Å². The summed E-state index contributed by atoms with van der Waals surface area (Å²) in [5.41, 5.74) is 0. The summed E-state index contributed by atoms with van der Waals surface area (Å²) in [6.07, 6.45) is 1.61. The van der Waals surface area contributed by atoms with Crippen molar-refractivity contribution >= 4 is 5.97 Å². The van der Waals surface area contributed by atoms with Crippen molar-refractivity contribution in [1.82, 2.24) is 4.98 Å². The molecule has 0 saturated heterocycles. The number of aliphatic hydroxyl groups is 1. The summed E-state index contributed by atoms with van der Waals surface area (Å²) in [7, 11) is 1.11. The highest BCUT2D eigenvalue weighted by Gasteiger charge is 2.15. The van der Waals surface area contributed by atoms with E-state index in [1.165, 1.54) is 18.3 Å². The van der Waals surface area contributed by atoms with Gasteiger partial charge in [0.15, 0.2) is 5.75 Å². The maximum Gasteiger partial charge on any atom is 0.377 e. The van der Waals surface area contributed by atoms with Crippen molar-refractivity contribution in [3.63, 3.8) is 0 Å². The standard InChI is InChI=1S/C9H8FNO4/c1-14-9(13)7(5-12)15-6-3-2-4-11-8(6)10/h2-5,12H,1H3/b7-5+. The summed E-state index contributed by atoms with van der Waals surface area (Å²) >= 11 is 0. The Morgan fingerprint density at radius 2 is 2.40 bits per heavy atom. The summed E-state index contributed by atoms with van der Waals surface area (Å²) in [4.78, 5) is 14.2. The Balaban J connectivity index is 2.86. The highest BCUT2D eigenvalue weighted by Crippen LogP contribution is 2.16. The van der Waals surface area contributed by atoms with Gasteiger partial charge in [0, 0.05) is 6.20 Å². The van der Waals surface area contributed by atoms with Crippen molar-refractivity contribution in [3.8, 4) is 5.75 Å². The van der Waals surface area contributed by atoms with Crippen molar-refractivity contribution in [2.45, 2.75) is 0 Å². The van der Waals surface area contributed by atoms with E-state index < -0.39 is 17.7 Å². The lowest BCUT2D eigenvalue weighted by atomic mass is 10.4. The van der Waals surface area contributed by atoms with Crippen LogP contribution in [0.4, 0.5) is 4.39 Å². The van der Waals surface area contributed by atoms with Gasteiger partial charge < -0.3 is 14.6 Å². The van der Waals surface area contributed by atoms with E-state index in [2.05, 4.69) is 9.72 Å². The highest BCUT2D eigenvalue weighted by molar-refractivity contribution is 5.86. The van der Waals surface area contributed by atoms with Crippen molar-refractivity contribution in [1.29, 1.82) is 0 Å². The molecule has 0 unspecified atom stereocenters. The molecule has 5 nitrogen and oxygen atoms in total. The molecule has 1 N–H and O–H groups in total. The lowest BCUT2D eigenvalue weighted by molar-refractivity contribution is -0.138. The number of carbonyl (C=O) groups excluding carboxylic acids is 1. The molecule has 0 amide bonds. The maximum atomic E-state index is 13.0. The number of hydrogen-bond donors (Lipinski definition) is 1. The second kappa shape index (κ2) is 4.94. The lowest BCUT2D eigenvalue weighted by Gasteiger charge is -2.06. The Kier molecular flexibility index (Phi) is 3.61. The molecule has 0 saturated carbocycles. The van der Waals surface area contributed by atoms with Crippen LogP contribution in [0.1, 0.15) is 0 Å². The smallest absolute Gasteiger partial charge is 0.377 e. The van der Waals surface area contributed by atoms with Crippen LogP contribution in [0, 0.1) is 5.95 Å². The fourth-order valence-corrected chi connectivity index (χ4v) is 0.787. The van der Waals surface area contributed by atoms with Crippen molar-refractivity contribution in [3.05, 3.63) is 36.3 Å². The van der Waals surface area contributed by atoms with Gasteiger partial charge in [0.25, 0.3) is 5.95 Å². The minimum Gasteiger partial charge on any atom is -0.511 e. The van der Waals surface area contributed by atoms with Gasteiger partial charge in [-0.2, -0.15) is 4.39 Å². The van der Waals surface area contributed by atoms with Crippen LogP contribution in [-0.2, 0) is 9.53 Å². The molecule has 0 aliphatic carbocycles. The van der Waals surface area contributed by atoms with Crippen LogP contribution in [0.3, 0.4) is 0 Å². The van der Waals surface area contributed by atoms with Gasteiger partial charge in [0.05, 0.1) is 7.11 Å². The zero-order chi connectivity index (χ0) is 11.3. The second-order valence-corrected chi connectivity index (χ2v) is 2.38.